The summed E-state index contributed by atoms with van der Waals surface area (Å²) in [6.07, 6.45) is 0. The van der Waals surface area contributed by atoms with Crippen molar-refractivity contribution in [2.75, 3.05) is 12.4 Å². The van der Waals surface area contributed by atoms with Crippen LogP contribution in [0.15, 0.2) is 24.3 Å². The zero-order valence-electron chi connectivity index (χ0n) is 10.5. The largest absolute Gasteiger partial charge is 0.372 e. The minimum absolute atomic E-state index is 0.525. The van der Waals surface area contributed by atoms with Crippen LogP contribution in [0.4, 0.5) is 5.82 Å². The average Bonchev–Trinajstić information content (AvgIpc) is 2.33. The van der Waals surface area contributed by atoms with Gasteiger partial charge >= 0.3 is 0 Å². The van der Waals surface area contributed by atoms with Gasteiger partial charge in [0.05, 0.1) is 15.7 Å². The fraction of sp³-hybridized carbons (Fsp3) is 0.214. The van der Waals surface area contributed by atoms with E-state index in [0.29, 0.717) is 15.9 Å². The Morgan fingerprint density at radius 1 is 1.06 bits per heavy atom. The van der Waals surface area contributed by atoms with Gasteiger partial charge in [-0.2, -0.15) is 0 Å². The van der Waals surface area contributed by atoms with E-state index in [1.165, 1.54) is 5.56 Å². The van der Waals surface area contributed by atoms with Crippen LogP contribution in [0, 0.1) is 13.8 Å². The lowest BCUT2D eigenvalue weighted by molar-refractivity contribution is 1.27. The molecule has 1 heterocycles. The van der Waals surface area contributed by atoms with E-state index in [1.807, 2.05) is 13.8 Å². The molecule has 2 rings (SSSR count). The predicted molar refractivity (Wildman–Crippen MR) is 78.7 cm³/mol. The molecular weight excluding hydrogens is 267 g/mol. The van der Waals surface area contributed by atoms with Crippen molar-refractivity contribution >= 4 is 29.0 Å². The number of nitrogens with one attached hydrogen (secondary N) is 1. The van der Waals surface area contributed by atoms with E-state index in [2.05, 4.69) is 28.5 Å². The summed E-state index contributed by atoms with van der Waals surface area (Å²) in [5.41, 5.74) is 4.11. The first kappa shape index (κ1) is 13.2. The third-order valence-electron chi connectivity index (χ3n) is 2.81. The number of rotatable bonds is 2. The number of pyridine rings is 1. The molecule has 0 aliphatic carbocycles. The molecule has 4 heteroatoms. The molecule has 18 heavy (non-hydrogen) atoms. The molecule has 0 saturated carbocycles. The molecule has 2 nitrogen and oxygen atoms in total. The lowest BCUT2D eigenvalue weighted by atomic mass is 10.0. The molecule has 1 N–H and O–H groups in total. The summed E-state index contributed by atoms with van der Waals surface area (Å²) in [6.45, 7) is 4.09. The Balaban J connectivity index is 2.66. The quantitative estimate of drug-likeness (QED) is 0.862. The molecule has 1 aromatic carbocycles. The summed E-state index contributed by atoms with van der Waals surface area (Å²) in [5.74, 6) is 0.636. The van der Waals surface area contributed by atoms with Crippen molar-refractivity contribution in [1.29, 1.82) is 0 Å². The SMILES string of the molecule is CNc1nc(-c2cc(C)ccc2C)c(Cl)cc1Cl. The Morgan fingerprint density at radius 3 is 2.44 bits per heavy atom. The van der Waals surface area contributed by atoms with Crippen LogP contribution in [0.2, 0.25) is 10.0 Å². The maximum atomic E-state index is 6.24. The number of benzene rings is 1. The molecule has 1 aromatic heterocycles. The highest BCUT2D eigenvalue weighted by molar-refractivity contribution is 6.37. The van der Waals surface area contributed by atoms with Crippen LogP contribution in [0.3, 0.4) is 0 Å². The molecule has 0 bridgehead atoms. The van der Waals surface area contributed by atoms with Gasteiger partial charge in [-0.1, -0.05) is 40.9 Å². The van der Waals surface area contributed by atoms with Crippen molar-refractivity contribution in [2.24, 2.45) is 0 Å². The number of nitrogens with zero attached hydrogens (tertiary/aromatic N) is 1. The van der Waals surface area contributed by atoms with Gasteiger partial charge in [-0.05, 0) is 31.5 Å². The van der Waals surface area contributed by atoms with Crippen LogP contribution in [0.1, 0.15) is 11.1 Å². The van der Waals surface area contributed by atoms with Gasteiger partial charge in [0.2, 0.25) is 0 Å². The van der Waals surface area contributed by atoms with Crippen molar-refractivity contribution in [2.45, 2.75) is 13.8 Å². The molecular formula is C14H14Cl2N2. The standard InChI is InChI=1S/C14H14Cl2N2/c1-8-4-5-9(2)10(6-8)13-11(15)7-12(16)14(17-3)18-13/h4-7H,1-3H3,(H,17,18). The van der Waals surface area contributed by atoms with Crippen LogP contribution < -0.4 is 5.32 Å². The van der Waals surface area contributed by atoms with Gasteiger partial charge in [0.1, 0.15) is 5.82 Å². The summed E-state index contributed by atoms with van der Waals surface area (Å²) < 4.78 is 0. The van der Waals surface area contributed by atoms with Crippen LogP contribution in [-0.4, -0.2) is 12.0 Å². The van der Waals surface area contributed by atoms with Crippen molar-refractivity contribution < 1.29 is 0 Å². The van der Waals surface area contributed by atoms with Gasteiger partial charge in [0, 0.05) is 12.6 Å². The van der Waals surface area contributed by atoms with E-state index in [9.17, 15) is 0 Å². The summed E-state index contributed by atoms with van der Waals surface area (Å²) >= 11 is 12.3. The first-order valence-corrected chi connectivity index (χ1v) is 6.40. The molecule has 0 radical (unpaired) electrons. The normalized spacial score (nSPS) is 10.5. The summed E-state index contributed by atoms with van der Waals surface area (Å²) in [5, 5.41) is 4.05. The van der Waals surface area contributed by atoms with E-state index in [4.69, 9.17) is 23.2 Å². The second kappa shape index (κ2) is 5.17. The first-order chi connectivity index (χ1) is 8.52. The number of anilines is 1. The van der Waals surface area contributed by atoms with Gasteiger partial charge in [0.15, 0.2) is 0 Å². The topological polar surface area (TPSA) is 24.9 Å². The number of hydrogen-bond donors (Lipinski definition) is 1. The molecule has 0 aliphatic rings. The lowest BCUT2D eigenvalue weighted by Crippen LogP contribution is -1.97. The van der Waals surface area contributed by atoms with Gasteiger partial charge < -0.3 is 5.32 Å². The first-order valence-electron chi connectivity index (χ1n) is 5.64. The number of aryl methyl sites for hydroxylation is 2. The summed E-state index contributed by atoms with van der Waals surface area (Å²) in [4.78, 5) is 4.49. The molecule has 0 amide bonds. The third-order valence-corrected chi connectivity index (χ3v) is 3.39. The number of hydrogen-bond acceptors (Lipinski definition) is 2. The second-order valence-electron chi connectivity index (χ2n) is 4.22. The zero-order chi connectivity index (χ0) is 13.3. The molecule has 0 saturated heterocycles. The van der Waals surface area contributed by atoms with Crippen LogP contribution >= 0.6 is 23.2 Å². The van der Waals surface area contributed by atoms with Crippen molar-refractivity contribution in [3.8, 4) is 11.3 Å². The molecule has 0 unspecified atom stereocenters. The Kier molecular flexibility index (Phi) is 3.79. The Labute approximate surface area is 117 Å². The van der Waals surface area contributed by atoms with E-state index >= 15 is 0 Å². The highest BCUT2D eigenvalue weighted by Gasteiger charge is 2.12. The minimum Gasteiger partial charge on any atom is -0.372 e. The Morgan fingerprint density at radius 2 is 1.78 bits per heavy atom. The van der Waals surface area contributed by atoms with Crippen molar-refractivity contribution in [1.82, 2.24) is 4.98 Å². The molecule has 94 valence electrons. The zero-order valence-corrected chi connectivity index (χ0v) is 12.0. The molecule has 0 atom stereocenters. The molecule has 0 spiro atoms. The minimum atomic E-state index is 0.525. The summed E-state index contributed by atoms with van der Waals surface area (Å²) in [7, 11) is 1.79. The van der Waals surface area contributed by atoms with Crippen LogP contribution in [0.5, 0.6) is 0 Å². The van der Waals surface area contributed by atoms with E-state index in [1.54, 1.807) is 13.1 Å². The number of aromatic nitrogens is 1. The van der Waals surface area contributed by atoms with Gasteiger partial charge in [-0.15, -0.1) is 0 Å². The van der Waals surface area contributed by atoms with E-state index < -0.39 is 0 Å². The molecule has 2 aromatic rings. The van der Waals surface area contributed by atoms with E-state index in [0.717, 1.165) is 16.8 Å². The Hall–Kier alpha value is -1.25. The third kappa shape index (κ3) is 2.45. The molecule has 0 aliphatic heterocycles. The van der Waals surface area contributed by atoms with Gasteiger partial charge in [-0.3, -0.25) is 0 Å². The fourth-order valence-corrected chi connectivity index (χ4v) is 2.38. The maximum Gasteiger partial charge on any atom is 0.145 e. The lowest BCUT2D eigenvalue weighted by Gasteiger charge is -2.11. The highest BCUT2D eigenvalue weighted by atomic mass is 35.5. The van der Waals surface area contributed by atoms with Crippen molar-refractivity contribution in [3.05, 3.63) is 45.4 Å². The highest BCUT2D eigenvalue weighted by Crippen LogP contribution is 2.34. The summed E-state index contributed by atoms with van der Waals surface area (Å²) in [6, 6.07) is 7.94. The smallest absolute Gasteiger partial charge is 0.145 e. The van der Waals surface area contributed by atoms with Crippen molar-refractivity contribution in [3.63, 3.8) is 0 Å². The Bertz CT molecular complexity index is 595. The van der Waals surface area contributed by atoms with Gasteiger partial charge in [-0.25, -0.2) is 4.98 Å². The van der Waals surface area contributed by atoms with Crippen LogP contribution in [-0.2, 0) is 0 Å². The average molecular weight is 281 g/mol. The van der Waals surface area contributed by atoms with Gasteiger partial charge in [0.25, 0.3) is 0 Å². The maximum absolute atomic E-state index is 6.24. The number of halogens is 2. The second-order valence-corrected chi connectivity index (χ2v) is 5.03. The monoisotopic (exact) mass is 280 g/mol. The van der Waals surface area contributed by atoms with Crippen LogP contribution in [0.25, 0.3) is 11.3 Å². The fourth-order valence-electron chi connectivity index (χ4n) is 1.82. The van der Waals surface area contributed by atoms with E-state index in [-0.39, 0.29) is 0 Å². The predicted octanol–water partition coefficient (Wildman–Crippen LogP) is 4.71. The molecule has 0 fully saturated rings.